The van der Waals surface area contributed by atoms with Crippen molar-refractivity contribution >= 4 is 35.3 Å². The summed E-state index contributed by atoms with van der Waals surface area (Å²) in [6.07, 6.45) is 2.25. The quantitative estimate of drug-likeness (QED) is 0.587. The van der Waals surface area contributed by atoms with E-state index in [4.69, 9.17) is 4.74 Å². The number of rotatable bonds is 6. The molecule has 0 unspecified atom stereocenters. The maximum absolute atomic E-state index is 13.8. The molecule has 2 aromatic carbocycles. The van der Waals surface area contributed by atoms with Crippen LogP contribution in [-0.2, 0) is 9.53 Å². The number of amides is 2. The van der Waals surface area contributed by atoms with E-state index >= 15 is 0 Å². The van der Waals surface area contributed by atoms with E-state index in [9.17, 15) is 14.0 Å². The lowest BCUT2D eigenvalue weighted by Crippen LogP contribution is -2.25. The van der Waals surface area contributed by atoms with Crippen molar-refractivity contribution in [3.8, 4) is 0 Å². The smallest absolute Gasteiger partial charge is 0.262 e. The molecule has 2 aromatic rings. The van der Waals surface area contributed by atoms with E-state index in [1.165, 1.54) is 23.9 Å². The first-order valence-corrected chi connectivity index (χ1v) is 9.27. The van der Waals surface area contributed by atoms with Crippen LogP contribution in [0.1, 0.15) is 22.3 Å². The summed E-state index contributed by atoms with van der Waals surface area (Å²) in [7, 11) is 1.61. The molecule has 7 heteroatoms. The number of anilines is 1. The highest BCUT2D eigenvalue weighted by Crippen LogP contribution is 2.39. The number of thioether (sulfide) groups is 1. The molecule has 2 N–H and O–H groups in total. The number of nitrogens with one attached hydrogen (secondary N) is 2. The molecule has 0 fully saturated rings. The molecule has 0 saturated carbocycles. The highest BCUT2D eigenvalue weighted by molar-refractivity contribution is 8.04. The Kier molecular flexibility index (Phi) is 6.26. The Hall–Kier alpha value is -2.64. The number of ether oxygens (including phenoxy) is 1. The number of carbonyl (C=O) groups is 2. The maximum Gasteiger partial charge on any atom is 0.262 e. The van der Waals surface area contributed by atoms with Crippen LogP contribution in [0.2, 0.25) is 0 Å². The van der Waals surface area contributed by atoms with Crippen molar-refractivity contribution in [3.05, 3.63) is 64.3 Å². The summed E-state index contributed by atoms with van der Waals surface area (Å²) in [6.45, 7) is 1.09. The Labute approximate surface area is 161 Å². The van der Waals surface area contributed by atoms with Crippen molar-refractivity contribution in [2.45, 2.75) is 11.3 Å². The highest BCUT2D eigenvalue weighted by atomic mass is 32.2. The van der Waals surface area contributed by atoms with Gasteiger partial charge in [-0.3, -0.25) is 9.59 Å². The van der Waals surface area contributed by atoms with Gasteiger partial charge in [-0.25, -0.2) is 4.39 Å². The van der Waals surface area contributed by atoms with Gasteiger partial charge in [0.1, 0.15) is 5.82 Å². The van der Waals surface area contributed by atoms with Gasteiger partial charge in [0.15, 0.2) is 0 Å². The van der Waals surface area contributed by atoms with E-state index in [2.05, 4.69) is 10.6 Å². The van der Waals surface area contributed by atoms with Gasteiger partial charge in [-0.05, 0) is 36.8 Å². The van der Waals surface area contributed by atoms with E-state index < -0.39 is 0 Å². The molecule has 0 radical (unpaired) electrons. The van der Waals surface area contributed by atoms with Crippen molar-refractivity contribution < 1.29 is 18.7 Å². The van der Waals surface area contributed by atoms with Gasteiger partial charge in [0.2, 0.25) is 0 Å². The first-order chi connectivity index (χ1) is 13.1. The molecule has 0 aliphatic carbocycles. The SMILES string of the molecule is COCCCNC(=O)c1ccc2c(c1)NC(=O)/C(=C\c1ccccc1F)S2. The Balaban J connectivity index is 1.75. The van der Waals surface area contributed by atoms with Crippen LogP contribution in [0.15, 0.2) is 52.3 Å². The third-order valence-electron chi connectivity index (χ3n) is 3.94. The van der Waals surface area contributed by atoms with Crippen LogP contribution in [0.4, 0.5) is 10.1 Å². The molecule has 1 aliphatic heterocycles. The number of fused-ring (bicyclic) bond motifs is 1. The fourth-order valence-electron chi connectivity index (χ4n) is 2.56. The Morgan fingerprint density at radius 2 is 2.11 bits per heavy atom. The van der Waals surface area contributed by atoms with E-state index in [0.717, 1.165) is 11.3 Å². The number of hydrogen-bond acceptors (Lipinski definition) is 4. The lowest BCUT2D eigenvalue weighted by molar-refractivity contribution is -0.112. The van der Waals surface area contributed by atoms with Crippen molar-refractivity contribution in [1.82, 2.24) is 5.32 Å². The molecule has 140 valence electrons. The van der Waals surface area contributed by atoms with Gasteiger partial charge >= 0.3 is 0 Å². The van der Waals surface area contributed by atoms with E-state index in [-0.39, 0.29) is 17.6 Å². The second-order valence-electron chi connectivity index (χ2n) is 5.90. The standard InChI is InChI=1S/C20H19FN2O3S/c1-26-10-4-9-22-19(24)14-7-8-17-16(11-14)23-20(25)18(27-17)12-13-5-2-3-6-15(13)21/h2-3,5-8,11-12H,4,9-10H2,1H3,(H,22,24)(H,23,25)/b18-12+. The average molecular weight is 386 g/mol. The molecule has 0 saturated heterocycles. The van der Waals surface area contributed by atoms with Crippen LogP contribution in [0.25, 0.3) is 6.08 Å². The van der Waals surface area contributed by atoms with Crippen molar-refractivity contribution in [2.24, 2.45) is 0 Å². The third kappa shape index (κ3) is 4.75. The minimum Gasteiger partial charge on any atom is -0.385 e. The minimum atomic E-state index is -0.385. The van der Waals surface area contributed by atoms with Crippen LogP contribution in [0, 0.1) is 5.82 Å². The molecule has 1 heterocycles. The molecule has 5 nitrogen and oxygen atoms in total. The maximum atomic E-state index is 13.8. The molecule has 0 atom stereocenters. The first kappa shape index (κ1) is 19.1. The number of halogens is 1. The fraction of sp³-hybridized carbons (Fsp3) is 0.200. The summed E-state index contributed by atoms with van der Waals surface area (Å²) in [4.78, 5) is 25.7. The summed E-state index contributed by atoms with van der Waals surface area (Å²) in [5.74, 6) is -0.918. The summed E-state index contributed by atoms with van der Waals surface area (Å²) in [5.41, 5.74) is 1.39. The zero-order valence-electron chi connectivity index (χ0n) is 14.8. The largest absolute Gasteiger partial charge is 0.385 e. The van der Waals surface area contributed by atoms with Crippen LogP contribution >= 0.6 is 11.8 Å². The van der Waals surface area contributed by atoms with Gasteiger partial charge in [0, 0.05) is 36.3 Å². The lowest BCUT2D eigenvalue weighted by atomic mass is 10.1. The lowest BCUT2D eigenvalue weighted by Gasteiger charge is -2.19. The minimum absolute atomic E-state index is 0.208. The fourth-order valence-corrected chi connectivity index (χ4v) is 3.48. The normalized spacial score (nSPS) is 14.6. The van der Waals surface area contributed by atoms with Crippen molar-refractivity contribution in [1.29, 1.82) is 0 Å². The first-order valence-electron chi connectivity index (χ1n) is 8.45. The van der Waals surface area contributed by atoms with Crippen LogP contribution in [0.3, 0.4) is 0 Å². The molecule has 27 heavy (non-hydrogen) atoms. The Morgan fingerprint density at radius 1 is 1.30 bits per heavy atom. The van der Waals surface area contributed by atoms with Crippen molar-refractivity contribution in [2.75, 3.05) is 25.6 Å². The Bertz CT molecular complexity index is 899. The van der Waals surface area contributed by atoms with E-state index in [1.54, 1.807) is 43.5 Å². The van der Waals surface area contributed by atoms with Crippen LogP contribution < -0.4 is 10.6 Å². The highest BCUT2D eigenvalue weighted by Gasteiger charge is 2.22. The van der Waals surface area contributed by atoms with Gasteiger partial charge in [0.05, 0.1) is 10.6 Å². The molecule has 3 rings (SSSR count). The average Bonchev–Trinajstić information content (AvgIpc) is 2.67. The van der Waals surface area contributed by atoms with Crippen LogP contribution in [0.5, 0.6) is 0 Å². The number of hydrogen-bond donors (Lipinski definition) is 2. The molecular formula is C20H19FN2O3S. The molecule has 0 aromatic heterocycles. The zero-order valence-corrected chi connectivity index (χ0v) is 15.6. The van der Waals surface area contributed by atoms with E-state index in [0.29, 0.717) is 34.9 Å². The number of methoxy groups -OCH3 is 1. The van der Waals surface area contributed by atoms with E-state index in [1.807, 2.05) is 0 Å². The van der Waals surface area contributed by atoms with Gasteiger partial charge in [0.25, 0.3) is 11.8 Å². The Morgan fingerprint density at radius 3 is 2.89 bits per heavy atom. The topological polar surface area (TPSA) is 67.4 Å². The summed E-state index contributed by atoms with van der Waals surface area (Å²) < 4.78 is 18.8. The molecular weight excluding hydrogens is 367 g/mol. The zero-order chi connectivity index (χ0) is 19.2. The number of carbonyl (C=O) groups excluding carboxylic acids is 2. The van der Waals surface area contributed by atoms with Gasteiger partial charge in [-0.1, -0.05) is 30.0 Å². The summed E-state index contributed by atoms with van der Waals surface area (Å²) in [6, 6.07) is 11.4. The predicted octanol–water partition coefficient (Wildman–Crippen LogP) is 3.68. The second-order valence-corrected chi connectivity index (χ2v) is 6.98. The molecule has 2 amide bonds. The van der Waals surface area contributed by atoms with Gasteiger partial charge in [-0.15, -0.1) is 0 Å². The predicted molar refractivity (Wildman–Crippen MR) is 104 cm³/mol. The molecule has 1 aliphatic rings. The molecule has 0 bridgehead atoms. The van der Waals surface area contributed by atoms with Gasteiger partial charge in [-0.2, -0.15) is 0 Å². The summed E-state index contributed by atoms with van der Waals surface area (Å²) in [5, 5.41) is 5.58. The second kappa shape index (κ2) is 8.83. The number of benzene rings is 2. The van der Waals surface area contributed by atoms with Crippen LogP contribution in [-0.4, -0.2) is 32.1 Å². The third-order valence-corrected chi connectivity index (χ3v) is 5.04. The monoisotopic (exact) mass is 386 g/mol. The molecule has 0 spiro atoms. The van der Waals surface area contributed by atoms with Crippen molar-refractivity contribution in [3.63, 3.8) is 0 Å². The summed E-state index contributed by atoms with van der Waals surface area (Å²) >= 11 is 1.25. The van der Waals surface area contributed by atoms with Gasteiger partial charge < -0.3 is 15.4 Å².